The molecule has 10 heteroatoms. The summed E-state index contributed by atoms with van der Waals surface area (Å²) in [5.41, 5.74) is 0.876. The van der Waals surface area contributed by atoms with Crippen molar-refractivity contribution in [3.8, 4) is 0 Å². The Kier molecular flexibility index (Phi) is 5.80. The fraction of sp³-hybridized carbons (Fsp3) is 0.407. The Hall–Kier alpha value is -3.82. The Morgan fingerprint density at radius 3 is 2.38 bits per heavy atom. The zero-order valence-corrected chi connectivity index (χ0v) is 20.9. The van der Waals surface area contributed by atoms with Crippen LogP contribution in [0.5, 0.6) is 0 Å². The van der Waals surface area contributed by atoms with Crippen molar-refractivity contribution in [2.45, 2.75) is 51.1 Å². The van der Waals surface area contributed by atoms with Crippen molar-refractivity contribution in [2.75, 3.05) is 18.9 Å². The third-order valence-corrected chi connectivity index (χ3v) is 7.89. The molecule has 2 fully saturated rings. The van der Waals surface area contributed by atoms with Crippen molar-refractivity contribution < 1.29 is 28.0 Å². The first kappa shape index (κ1) is 24.9. The van der Waals surface area contributed by atoms with Gasteiger partial charge in [0.25, 0.3) is 5.91 Å². The lowest BCUT2D eigenvalue weighted by Crippen LogP contribution is -2.50. The number of fused-ring (bicyclic) bond motifs is 1. The molecule has 1 aliphatic carbocycles. The maximum atomic E-state index is 13.9. The number of rotatable bonds is 4. The number of carbonyl (C=O) groups excluding carboxylic acids is 4. The minimum Gasteiger partial charge on any atom is -0.326 e. The minimum atomic E-state index is -0.971. The number of imide groups is 1. The molecule has 0 radical (unpaired) electrons. The molecular formula is C27H28F2N4O4. The van der Waals surface area contributed by atoms with Gasteiger partial charge < -0.3 is 15.1 Å². The predicted molar refractivity (Wildman–Crippen MR) is 130 cm³/mol. The second kappa shape index (κ2) is 8.64. The summed E-state index contributed by atoms with van der Waals surface area (Å²) in [6.45, 7) is 3.30. The average Bonchev–Trinajstić information content (AvgIpc) is 3.29. The number of nitrogens with zero attached hydrogens (tertiary/aromatic N) is 2. The van der Waals surface area contributed by atoms with Crippen molar-refractivity contribution in [3.05, 3.63) is 64.7 Å². The summed E-state index contributed by atoms with van der Waals surface area (Å²) >= 11 is 0. The molecule has 194 valence electrons. The second-order valence-corrected chi connectivity index (χ2v) is 10.8. The molecule has 37 heavy (non-hydrogen) atoms. The molecule has 3 aliphatic rings. The average molecular weight is 511 g/mol. The van der Waals surface area contributed by atoms with E-state index in [1.807, 2.05) is 6.07 Å². The second-order valence-electron chi connectivity index (χ2n) is 10.8. The van der Waals surface area contributed by atoms with Crippen LogP contribution >= 0.6 is 0 Å². The fourth-order valence-electron chi connectivity index (χ4n) is 5.72. The zero-order chi connectivity index (χ0) is 26.7. The smallest absolute Gasteiger partial charge is 0.324 e. The number of halogens is 2. The molecule has 5 rings (SSSR count). The van der Waals surface area contributed by atoms with Crippen molar-refractivity contribution in [2.24, 2.45) is 5.41 Å². The van der Waals surface area contributed by atoms with Crippen LogP contribution in [0.15, 0.2) is 36.4 Å². The summed E-state index contributed by atoms with van der Waals surface area (Å²) < 4.78 is 27.9. The summed E-state index contributed by atoms with van der Waals surface area (Å²) in [6.07, 6.45) is 1.69. The standard InChI is InChI=1S/C27H28F2N4O4/c1-26(2)7-6-21(16-8-18(28)11-19(29)9-16)33(24(26)36)14-22(34)30-20-5-4-15-12-27(13-17(15)10-20)23(35)31-25(37)32(27)3/h4-5,8-11,21H,6-7,12-14H2,1-3H3,(H,30,34)(H,31,35,37)/t21-,27?/m0/s1. The Morgan fingerprint density at radius 1 is 1.05 bits per heavy atom. The molecular weight excluding hydrogens is 482 g/mol. The van der Waals surface area contributed by atoms with Gasteiger partial charge in [-0.15, -0.1) is 0 Å². The van der Waals surface area contributed by atoms with E-state index in [0.717, 1.165) is 17.2 Å². The molecule has 1 unspecified atom stereocenters. The van der Waals surface area contributed by atoms with Crippen LogP contribution in [0.3, 0.4) is 0 Å². The van der Waals surface area contributed by atoms with Crippen LogP contribution in [0.4, 0.5) is 19.3 Å². The lowest BCUT2D eigenvalue weighted by atomic mass is 9.78. The lowest BCUT2D eigenvalue weighted by Gasteiger charge is -2.43. The van der Waals surface area contributed by atoms with Crippen LogP contribution in [0, 0.1) is 17.0 Å². The van der Waals surface area contributed by atoms with E-state index < -0.39 is 40.6 Å². The molecule has 2 aliphatic heterocycles. The summed E-state index contributed by atoms with van der Waals surface area (Å²) in [5.74, 6) is -2.54. The number of piperidine rings is 1. The number of likely N-dealkylation sites (tertiary alicyclic amines) is 1. The quantitative estimate of drug-likeness (QED) is 0.617. The number of anilines is 1. The van der Waals surface area contributed by atoms with E-state index in [1.54, 1.807) is 33.0 Å². The molecule has 1 spiro atoms. The van der Waals surface area contributed by atoms with Gasteiger partial charge in [0.15, 0.2) is 0 Å². The van der Waals surface area contributed by atoms with Crippen molar-refractivity contribution in [1.29, 1.82) is 0 Å². The number of nitrogens with one attached hydrogen (secondary N) is 2. The van der Waals surface area contributed by atoms with Gasteiger partial charge in [-0.2, -0.15) is 0 Å². The number of urea groups is 1. The molecule has 0 aromatic heterocycles. The third kappa shape index (κ3) is 4.24. The van der Waals surface area contributed by atoms with Crippen LogP contribution < -0.4 is 10.6 Å². The van der Waals surface area contributed by atoms with Crippen LogP contribution in [-0.2, 0) is 27.2 Å². The normalized spacial score (nSPS) is 24.5. The molecule has 2 N–H and O–H groups in total. The van der Waals surface area contributed by atoms with Crippen LogP contribution in [-0.4, -0.2) is 52.7 Å². The number of likely N-dealkylation sites (N-methyl/N-ethyl adjacent to an activating group) is 1. The summed E-state index contributed by atoms with van der Waals surface area (Å²) in [6, 6.07) is 7.40. The van der Waals surface area contributed by atoms with Gasteiger partial charge >= 0.3 is 6.03 Å². The van der Waals surface area contributed by atoms with Gasteiger partial charge in [0.2, 0.25) is 11.8 Å². The van der Waals surface area contributed by atoms with Gasteiger partial charge in [-0.3, -0.25) is 19.7 Å². The SMILES string of the molecule is CN1C(=O)NC(=O)C12Cc1ccc(NC(=O)CN3C(=O)C(C)(C)CC[C@H]3c3cc(F)cc(F)c3)cc1C2. The highest BCUT2D eigenvalue weighted by Gasteiger charge is 2.54. The number of benzene rings is 2. The molecule has 2 saturated heterocycles. The molecule has 2 heterocycles. The minimum absolute atomic E-state index is 0.264. The maximum absolute atomic E-state index is 13.9. The monoisotopic (exact) mass is 510 g/mol. The highest BCUT2D eigenvalue weighted by molar-refractivity contribution is 6.07. The molecule has 8 nitrogen and oxygen atoms in total. The van der Waals surface area contributed by atoms with Crippen molar-refractivity contribution >= 4 is 29.4 Å². The van der Waals surface area contributed by atoms with E-state index in [-0.39, 0.29) is 18.4 Å². The zero-order valence-electron chi connectivity index (χ0n) is 20.9. The number of carbonyl (C=O) groups is 4. The molecule has 0 bridgehead atoms. The van der Waals surface area contributed by atoms with E-state index in [4.69, 9.17) is 0 Å². The molecule has 5 amide bonds. The van der Waals surface area contributed by atoms with E-state index in [9.17, 15) is 28.0 Å². The molecule has 2 aromatic rings. The highest BCUT2D eigenvalue weighted by Crippen LogP contribution is 2.41. The van der Waals surface area contributed by atoms with Gasteiger partial charge in [-0.1, -0.05) is 19.9 Å². The highest BCUT2D eigenvalue weighted by atomic mass is 19.1. The van der Waals surface area contributed by atoms with Crippen molar-refractivity contribution in [1.82, 2.24) is 15.1 Å². The van der Waals surface area contributed by atoms with Crippen LogP contribution in [0.1, 0.15) is 49.4 Å². The Bertz CT molecular complexity index is 1320. The van der Waals surface area contributed by atoms with Gasteiger partial charge in [-0.05, 0) is 53.8 Å². The Labute approximate surface area is 213 Å². The Morgan fingerprint density at radius 2 is 1.73 bits per heavy atom. The summed E-state index contributed by atoms with van der Waals surface area (Å²) in [5, 5.41) is 5.17. The molecule has 2 atom stereocenters. The first-order chi connectivity index (χ1) is 17.4. The van der Waals surface area contributed by atoms with E-state index in [1.165, 1.54) is 21.9 Å². The van der Waals surface area contributed by atoms with E-state index in [0.29, 0.717) is 36.9 Å². The third-order valence-electron chi connectivity index (χ3n) is 7.89. The van der Waals surface area contributed by atoms with Crippen LogP contribution in [0.25, 0.3) is 0 Å². The number of amides is 5. The fourth-order valence-corrected chi connectivity index (χ4v) is 5.72. The summed E-state index contributed by atoms with van der Waals surface area (Å²) in [7, 11) is 1.59. The van der Waals surface area contributed by atoms with E-state index >= 15 is 0 Å². The number of hydrogen-bond acceptors (Lipinski definition) is 4. The topological polar surface area (TPSA) is 98.8 Å². The summed E-state index contributed by atoms with van der Waals surface area (Å²) in [4.78, 5) is 53.7. The number of hydrogen-bond donors (Lipinski definition) is 2. The first-order valence-corrected chi connectivity index (χ1v) is 12.2. The predicted octanol–water partition coefficient (Wildman–Crippen LogP) is 3.31. The Balaban J connectivity index is 1.34. The van der Waals surface area contributed by atoms with Crippen LogP contribution in [0.2, 0.25) is 0 Å². The largest absolute Gasteiger partial charge is 0.326 e. The molecule has 0 saturated carbocycles. The van der Waals surface area contributed by atoms with Gasteiger partial charge in [0.05, 0.1) is 6.04 Å². The van der Waals surface area contributed by atoms with Crippen molar-refractivity contribution in [3.63, 3.8) is 0 Å². The maximum Gasteiger partial charge on any atom is 0.324 e. The van der Waals surface area contributed by atoms with Gasteiger partial charge in [0.1, 0.15) is 23.7 Å². The molecule has 2 aromatic carbocycles. The van der Waals surface area contributed by atoms with E-state index in [2.05, 4.69) is 10.6 Å². The van der Waals surface area contributed by atoms with Gasteiger partial charge in [0, 0.05) is 37.1 Å². The lowest BCUT2D eigenvalue weighted by molar-refractivity contribution is -0.150. The van der Waals surface area contributed by atoms with Gasteiger partial charge in [-0.25, -0.2) is 13.6 Å². The first-order valence-electron chi connectivity index (χ1n) is 12.2.